The van der Waals surface area contributed by atoms with Crippen LogP contribution in [0.5, 0.6) is 0 Å². The van der Waals surface area contributed by atoms with Gasteiger partial charge in [-0.3, -0.25) is 4.79 Å². The molecular formula is C21H25N7O. The van der Waals surface area contributed by atoms with Crippen molar-refractivity contribution in [1.82, 2.24) is 29.9 Å². The van der Waals surface area contributed by atoms with Crippen molar-refractivity contribution in [1.29, 1.82) is 0 Å². The van der Waals surface area contributed by atoms with Crippen LogP contribution < -0.4 is 4.90 Å². The number of piperazine rings is 1. The summed E-state index contributed by atoms with van der Waals surface area (Å²) in [5, 5.41) is 8.66. The summed E-state index contributed by atoms with van der Waals surface area (Å²) >= 11 is 0. The van der Waals surface area contributed by atoms with Crippen molar-refractivity contribution >= 4 is 22.9 Å². The monoisotopic (exact) mass is 391 g/mol. The van der Waals surface area contributed by atoms with E-state index in [1.807, 2.05) is 35.2 Å². The predicted molar refractivity (Wildman–Crippen MR) is 110 cm³/mol. The molecule has 1 amide bonds. The highest BCUT2D eigenvalue weighted by Crippen LogP contribution is 2.27. The Kier molecular flexibility index (Phi) is 4.83. The summed E-state index contributed by atoms with van der Waals surface area (Å²) in [6.07, 6.45) is 7.31. The molecule has 2 fully saturated rings. The number of carbonyl (C=O) groups is 1. The Morgan fingerprint density at radius 3 is 2.45 bits per heavy atom. The Bertz CT molecular complexity index is 989. The van der Waals surface area contributed by atoms with Crippen molar-refractivity contribution in [2.75, 3.05) is 31.1 Å². The molecule has 8 nitrogen and oxygen atoms in total. The number of hydrogen-bond acceptors (Lipinski definition) is 6. The normalized spacial score (nSPS) is 18.3. The zero-order valence-corrected chi connectivity index (χ0v) is 16.4. The maximum Gasteiger partial charge on any atom is 0.225 e. The first-order valence-electron chi connectivity index (χ1n) is 10.5. The molecule has 1 aromatic carbocycles. The highest BCUT2D eigenvalue weighted by atomic mass is 16.2. The van der Waals surface area contributed by atoms with Crippen molar-refractivity contribution in [2.24, 2.45) is 5.92 Å². The molecule has 5 rings (SSSR count). The van der Waals surface area contributed by atoms with E-state index in [0.29, 0.717) is 17.1 Å². The summed E-state index contributed by atoms with van der Waals surface area (Å²) in [5.41, 5.74) is 2.31. The van der Waals surface area contributed by atoms with Gasteiger partial charge in [0.2, 0.25) is 5.91 Å². The van der Waals surface area contributed by atoms with E-state index in [1.165, 1.54) is 19.3 Å². The molecule has 0 atom stereocenters. The number of anilines is 1. The van der Waals surface area contributed by atoms with Crippen LogP contribution in [-0.2, 0) is 4.79 Å². The first-order valence-corrected chi connectivity index (χ1v) is 10.5. The summed E-state index contributed by atoms with van der Waals surface area (Å²) in [5.74, 6) is 1.36. The lowest BCUT2D eigenvalue weighted by Crippen LogP contribution is -2.50. The zero-order valence-electron chi connectivity index (χ0n) is 16.4. The molecule has 3 aromatic rings. The standard InChI is InChI=1S/C21H25N7O/c29-21(16-7-3-1-4-8-16)27-13-11-26(12-14-27)19-18-20(23-15-22-19)28(25-24-18)17-9-5-2-6-10-17/h2,5-6,9-10,15-16H,1,3-4,7-8,11-14H2. The molecule has 1 saturated carbocycles. The molecule has 0 spiro atoms. The Morgan fingerprint density at radius 1 is 0.931 bits per heavy atom. The Hall–Kier alpha value is -3.03. The molecule has 0 unspecified atom stereocenters. The average molecular weight is 391 g/mol. The number of benzene rings is 1. The fraction of sp³-hybridized carbons (Fsp3) is 0.476. The topological polar surface area (TPSA) is 80.0 Å². The molecule has 2 aliphatic rings. The quantitative estimate of drug-likeness (QED) is 0.682. The van der Waals surface area contributed by atoms with Crippen molar-refractivity contribution in [2.45, 2.75) is 32.1 Å². The van der Waals surface area contributed by atoms with E-state index in [0.717, 1.165) is 50.5 Å². The number of nitrogens with zero attached hydrogens (tertiary/aromatic N) is 7. The minimum Gasteiger partial charge on any atom is -0.351 e. The van der Waals surface area contributed by atoms with Crippen LogP contribution in [0.2, 0.25) is 0 Å². The number of aromatic nitrogens is 5. The Morgan fingerprint density at radius 2 is 1.69 bits per heavy atom. The number of para-hydroxylation sites is 1. The van der Waals surface area contributed by atoms with Gasteiger partial charge in [0, 0.05) is 32.1 Å². The molecule has 0 radical (unpaired) electrons. The molecule has 8 heteroatoms. The van der Waals surface area contributed by atoms with E-state index < -0.39 is 0 Å². The van der Waals surface area contributed by atoms with Gasteiger partial charge in [0.1, 0.15) is 6.33 Å². The maximum atomic E-state index is 12.8. The molecule has 2 aromatic heterocycles. The van der Waals surface area contributed by atoms with Crippen molar-refractivity contribution in [3.63, 3.8) is 0 Å². The third-order valence-corrected chi connectivity index (χ3v) is 6.06. The van der Waals surface area contributed by atoms with Gasteiger partial charge >= 0.3 is 0 Å². The van der Waals surface area contributed by atoms with Crippen LogP contribution in [0.25, 0.3) is 16.9 Å². The minimum atomic E-state index is 0.229. The zero-order chi connectivity index (χ0) is 19.6. The van der Waals surface area contributed by atoms with E-state index >= 15 is 0 Å². The summed E-state index contributed by atoms with van der Waals surface area (Å²) in [7, 11) is 0. The van der Waals surface area contributed by atoms with Crippen molar-refractivity contribution < 1.29 is 4.79 Å². The van der Waals surface area contributed by atoms with Crippen molar-refractivity contribution in [3.8, 4) is 5.69 Å². The summed E-state index contributed by atoms with van der Waals surface area (Å²) in [6.45, 7) is 2.97. The van der Waals surface area contributed by atoms with E-state index in [9.17, 15) is 4.79 Å². The fourth-order valence-corrected chi connectivity index (χ4v) is 4.46. The molecule has 1 saturated heterocycles. The van der Waals surface area contributed by atoms with Gasteiger partial charge in [0.15, 0.2) is 17.0 Å². The first kappa shape index (κ1) is 18.0. The molecule has 3 heterocycles. The second-order valence-electron chi connectivity index (χ2n) is 7.85. The third-order valence-electron chi connectivity index (χ3n) is 6.06. The fourth-order valence-electron chi connectivity index (χ4n) is 4.46. The second-order valence-corrected chi connectivity index (χ2v) is 7.85. The molecular weight excluding hydrogens is 366 g/mol. The van der Waals surface area contributed by atoms with E-state index in [-0.39, 0.29) is 5.92 Å². The second kappa shape index (κ2) is 7.77. The lowest BCUT2D eigenvalue weighted by atomic mass is 9.88. The Balaban J connectivity index is 1.33. The van der Waals surface area contributed by atoms with Gasteiger partial charge in [-0.1, -0.05) is 42.7 Å². The summed E-state index contributed by atoms with van der Waals surface area (Å²) in [4.78, 5) is 26.0. The SMILES string of the molecule is O=C(C1CCCCC1)N1CCN(c2ncnc3c2nnn3-c2ccccc2)CC1. The van der Waals surface area contributed by atoms with Crippen LogP contribution in [0.4, 0.5) is 5.82 Å². The largest absolute Gasteiger partial charge is 0.351 e. The summed E-state index contributed by atoms with van der Waals surface area (Å²) < 4.78 is 1.74. The number of amides is 1. The highest BCUT2D eigenvalue weighted by Gasteiger charge is 2.29. The molecule has 150 valence electrons. The van der Waals surface area contributed by atoms with Crippen LogP contribution in [0.15, 0.2) is 36.7 Å². The number of hydrogen-bond donors (Lipinski definition) is 0. The number of fused-ring (bicyclic) bond motifs is 1. The maximum absolute atomic E-state index is 12.8. The Labute approximate surface area is 169 Å². The average Bonchev–Trinajstić information content (AvgIpc) is 3.24. The van der Waals surface area contributed by atoms with Gasteiger partial charge in [0.05, 0.1) is 5.69 Å². The molecule has 0 N–H and O–H groups in total. The minimum absolute atomic E-state index is 0.229. The number of carbonyl (C=O) groups excluding carboxylic acids is 1. The third kappa shape index (κ3) is 3.43. The molecule has 1 aliphatic carbocycles. The van der Waals surface area contributed by atoms with Crippen LogP contribution >= 0.6 is 0 Å². The lowest BCUT2D eigenvalue weighted by molar-refractivity contribution is -0.136. The summed E-state index contributed by atoms with van der Waals surface area (Å²) in [6, 6.07) is 9.86. The van der Waals surface area contributed by atoms with E-state index in [1.54, 1.807) is 11.0 Å². The van der Waals surface area contributed by atoms with Crippen LogP contribution in [0, 0.1) is 5.92 Å². The van der Waals surface area contributed by atoms with Gasteiger partial charge in [-0.05, 0) is 25.0 Å². The smallest absolute Gasteiger partial charge is 0.225 e. The highest BCUT2D eigenvalue weighted by molar-refractivity contribution is 5.84. The van der Waals surface area contributed by atoms with Crippen LogP contribution in [0.1, 0.15) is 32.1 Å². The predicted octanol–water partition coefficient (Wildman–Crippen LogP) is 2.44. The van der Waals surface area contributed by atoms with Gasteiger partial charge in [0.25, 0.3) is 0 Å². The molecule has 29 heavy (non-hydrogen) atoms. The number of rotatable bonds is 3. The van der Waals surface area contributed by atoms with Gasteiger partial charge in [-0.15, -0.1) is 5.10 Å². The van der Waals surface area contributed by atoms with Gasteiger partial charge in [-0.2, -0.15) is 4.68 Å². The van der Waals surface area contributed by atoms with E-state index in [4.69, 9.17) is 0 Å². The molecule has 1 aliphatic heterocycles. The first-order chi connectivity index (χ1) is 14.3. The van der Waals surface area contributed by atoms with Crippen molar-refractivity contribution in [3.05, 3.63) is 36.7 Å². The van der Waals surface area contributed by atoms with Gasteiger partial charge < -0.3 is 9.80 Å². The molecule has 0 bridgehead atoms. The van der Waals surface area contributed by atoms with Crippen LogP contribution in [-0.4, -0.2) is 61.9 Å². The van der Waals surface area contributed by atoms with Crippen LogP contribution in [0.3, 0.4) is 0 Å². The van der Waals surface area contributed by atoms with E-state index in [2.05, 4.69) is 25.2 Å². The van der Waals surface area contributed by atoms with Gasteiger partial charge in [-0.25, -0.2) is 9.97 Å². The lowest BCUT2D eigenvalue weighted by Gasteiger charge is -2.37.